The molecule has 0 spiro atoms. The molecule has 0 aromatic carbocycles. The molecule has 2 amide bonds. The van der Waals surface area contributed by atoms with Gasteiger partial charge in [-0.25, -0.2) is 0 Å². The van der Waals surface area contributed by atoms with Crippen molar-refractivity contribution in [1.82, 2.24) is 10.6 Å². The third-order valence-corrected chi connectivity index (χ3v) is 7.68. The molecular weight excluding hydrogens is 540 g/mol. The predicted molar refractivity (Wildman–Crippen MR) is 162 cm³/mol. The maximum absolute atomic E-state index is 12.8. The number of rotatable bonds is 21. The van der Waals surface area contributed by atoms with E-state index in [1.807, 2.05) is 13.8 Å². The van der Waals surface area contributed by atoms with Crippen molar-refractivity contribution < 1.29 is 39.2 Å². The Bertz CT molecular complexity index is 803. The van der Waals surface area contributed by atoms with Gasteiger partial charge in [-0.15, -0.1) is 0 Å². The monoisotopic (exact) mass is 598 g/mol. The first kappa shape index (κ1) is 38.0. The number of nitrogens with one attached hydrogen (secondary N) is 2. The zero-order valence-corrected chi connectivity index (χ0v) is 26.6. The van der Waals surface area contributed by atoms with Crippen molar-refractivity contribution in [2.45, 2.75) is 135 Å². The Hall–Kier alpha value is -2.01. The van der Waals surface area contributed by atoms with Gasteiger partial charge in [0.2, 0.25) is 5.91 Å². The van der Waals surface area contributed by atoms with Crippen LogP contribution in [0.5, 0.6) is 0 Å². The summed E-state index contributed by atoms with van der Waals surface area (Å²) in [7, 11) is 1.19. The molecule has 244 valence electrons. The highest BCUT2D eigenvalue weighted by Crippen LogP contribution is 2.17. The normalized spacial score (nSPS) is 20.7. The molecule has 0 radical (unpaired) electrons. The summed E-state index contributed by atoms with van der Waals surface area (Å²) in [5.74, 6) is -1.23. The van der Waals surface area contributed by atoms with Crippen molar-refractivity contribution in [3.63, 3.8) is 0 Å². The van der Waals surface area contributed by atoms with Crippen LogP contribution in [0.1, 0.15) is 105 Å². The van der Waals surface area contributed by atoms with Gasteiger partial charge in [0.25, 0.3) is 5.91 Å². The number of methoxy groups -OCH3 is 1. The lowest BCUT2D eigenvalue weighted by atomic mass is 9.99. The van der Waals surface area contributed by atoms with E-state index in [0.29, 0.717) is 13.0 Å². The molecule has 0 aromatic rings. The number of esters is 1. The number of ether oxygens (including phenoxy) is 2. The van der Waals surface area contributed by atoms with E-state index in [0.717, 1.165) is 25.2 Å². The number of aliphatic hydroxyl groups is 3. The van der Waals surface area contributed by atoms with Crippen LogP contribution >= 0.6 is 0 Å². The predicted octanol–water partition coefficient (Wildman–Crippen LogP) is 3.41. The molecule has 10 nitrogen and oxygen atoms in total. The van der Waals surface area contributed by atoms with Crippen molar-refractivity contribution in [2.75, 3.05) is 20.3 Å². The second-order valence-corrected chi connectivity index (χ2v) is 12.4. The molecule has 42 heavy (non-hydrogen) atoms. The minimum Gasteiger partial charge on any atom is -0.465 e. The molecule has 1 saturated heterocycles. The number of hydrogen-bond donors (Lipinski definition) is 5. The molecule has 2 unspecified atom stereocenters. The Balaban J connectivity index is 2.37. The lowest BCUT2D eigenvalue weighted by molar-refractivity contribution is -0.150. The highest BCUT2D eigenvalue weighted by atomic mass is 16.5. The van der Waals surface area contributed by atoms with Crippen LogP contribution in [0.4, 0.5) is 0 Å². The van der Waals surface area contributed by atoms with E-state index in [4.69, 9.17) is 9.47 Å². The van der Waals surface area contributed by atoms with Crippen molar-refractivity contribution in [3.8, 4) is 0 Å². The van der Waals surface area contributed by atoms with Gasteiger partial charge in [-0.3, -0.25) is 14.4 Å². The molecule has 0 aliphatic carbocycles. The van der Waals surface area contributed by atoms with E-state index in [9.17, 15) is 29.7 Å². The van der Waals surface area contributed by atoms with Gasteiger partial charge in [0.1, 0.15) is 24.4 Å². The van der Waals surface area contributed by atoms with E-state index in [1.165, 1.54) is 58.1 Å². The van der Waals surface area contributed by atoms with Gasteiger partial charge >= 0.3 is 5.97 Å². The van der Waals surface area contributed by atoms with E-state index in [2.05, 4.69) is 24.5 Å². The average Bonchev–Trinajstić information content (AvgIpc) is 3.12. The average molecular weight is 599 g/mol. The highest BCUT2D eigenvalue weighted by Gasteiger charge is 2.38. The first-order valence-corrected chi connectivity index (χ1v) is 16.0. The van der Waals surface area contributed by atoms with Gasteiger partial charge in [0.05, 0.1) is 12.5 Å². The van der Waals surface area contributed by atoms with Gasteiger partial charge in [0.15, 0.2) is 6.10 Å². The molecule has 0 aromatic heterocycles. The Morgan fingerprint density at radius 3 is 2.07 bits per heavy atom. The second kappa shape index (κ2) is 21.6. The fourth-order valence-corrected chi connectivity index (χ4v) is 4.96. The number of aliphatic hydroxyl groups excluding tert-OH is 3. The number of amides is 2. The molecule has 1 rings (SSSR count). The number of unbranched alkanes of at least 4 members (excludes halogenated alkanes) is 8. The molecular formula is C32H58N2O8. The summed E-state index contributed by atoms with van der Waals surface area (Å²) < 4.78 is 10.6. The summed E-state index contributed by atoms with van der Waals surface area (Å²) in [6.45, 7) is 8.79. The lowest BCUT2D eigenvalue weighted by Crippen LogP contribution is -2.55. The van der Waals surface area contributed by atoms with Crippen molar-refractivity contribution in [3.05, 3.63) is 12.2 Å². The van der Waals surface area contributed by atoms with Crippen LogP contribution in [0.2, 0.25) is 0 Å². The molecule has 0 bridgehead atoms. The quantitative estimate of drug-likeness (QED) is 0.0765. The molecule has 10 heteroatoms. The van der Waals surface area contributed by atoms with Crippen LogP contribution < -0.4 is 10.6 Å². The van der Waals surface area contributed by atoms with Crippen molar-refractivity contribution in [1.29, 1.82) is 0 Å². The van der Waals surface area contributed by atoms with Gasteiger partial charge in [-0.2, -0.15) is 0 Å². The summed E-state index contributed by atoms with van der Waals surface area (Å²) in [6, 6.07) is -0.946. The maximum atomic E-state index is 12.8. The second-order valence-electron chi connectivity index (χ2n) is 12.4. The van der Waals surface area contributed by atoms with Crippen LogP contribution in [0.25, 0.3) is 0 Å². The van der Waals surface area contributed by atoms with Gasteiger partial charge in [0, 0.05) is 13.7 Å². The Morgan fingerprint density at radius 1 is 0.905 bits per heavy atom. The van der Waals surface area contributed by atoms with Crippen LogP contribution in [-0.2, 0) is 23.9 Å². The van der Waals surface area contributed by atoms with Crippen molar-refractivity contribution in [2.24, 2.45) is 17.8 Å². The fraction of sp³-hybridized carbons (Fsp3) is 0.844. The molecule has 1 heterocycles. The first-order chi connectivity index (χ1) is 20.0. The summed E-state index contributed by atoms with van der Waals surface area (Å²) >= 11 is 0. The fourth-order valence-electron chi connectivity index (χ4n) is 4.96. The topological polar surface area (TPSA) is 154 Å². The molecule has 6 atom stereocenters. The number of hydrogen-bond acceptors (Lipinski definition) is 8. The third kappa shape index (κ3) is 15.5. The zero-order valence-electron chi connectivity index (χ0n) is 26.6. The first-order valence-electron chi connectivity index (χ1n) is 16.0. The molecule has 1 fully saturated rings. The summed E-state index contributed by atoms with van der Waals surface area (Å²) in [5.41, 5.74) is 0. The number of carbonyl (C=O) groups is 3. The lowest BCUT2D eigenvalue weighted by Gasteiger charge is -2.28. The number of allylic oxidation sites excluding steroid dienone is 1. The van der Waals surface area contributed by atoms with Crippen molar-refractivity contribution >= 4 is 17.8 Å². The molecule has 1 aliphatic heterocycles. The van der Waals surface area contributed by atoms with Crippen LogP contribution in [0, 0.1) is 17.8 Å². The van der Waals surface area contributed by atoms with Crippen LogP contribution in [0.3, 0.4) is 0 Å². The third-order valence-electron chi connectivity index (χ3n) is 7.68. The Labute approximate surface area is 253 Å². The molecule has 5 N–H and O–H groups in total. The number of carbonyl (C=O) groups excluding carboxylic acids is 3. The summed E-state index contributed by atoms with van der Waals surface area (Å²) in [4.78, 5) is 38.0. The standard InChI is InChI=1S/C32H58N2O8/c1-22(2)15-13-11-9-7-6-8-10-12-14-20-42-32(40)24-17-18-25(30(38)33-21-24)34-31(39)29(41-5)28(37)27(36)26(35)19-16-23(3)4/h16,19,22-29,35-37H,6-15,17-18,20-21H2,1-5H3,(H,33,38)(H,34,39)/b19-16+/t24?,25?,26-,27+,28-,29-/m1/s1. The zero-order chi connectivity index (χ0) is 31.5. The minimum absolute atomic E-state index is 0.116. The van der Waals surface area contributed by atoms with E-state index < -0.39 is 48.2 Å². The molecule has 1 aliphatic rings. The summed E-state index contributed by atoms with van der Waals surface area (Å²) in [6.07, 6.45) is 9.19. The minimum atomic E-state index is -1.74. The van der Waals surface area contributed by atoms with Gasteiger partial charge < -0.3 is 35.4 Å². The van der Waals surface area contributed by atoms with E-state index >= 15 is 0 Å². The largest absolute Gasteiger partial charge is 0.465 e. The Kier molecular flexibility index (Phi) is 19.6. The maximum Gasteiger partial charge on any atom is 0.310 e. The van der Waals surface area contributed by atoms with Crippen LogP contribution in [0.15, 0.2) is 12.2 Å². The van der Waals surface area contributed by atoms with E-state index in [1.54, 1.807) is 6.08 Å². The SMILES string of the molecule is CO[C@@H](C(=O)NC1CCC(C(=O)OCCCCCCCCCCCC(C)C)CNC1=O)[C@H](O)[C@@H](O)[C@H](O)/C=C/C(C)C. The van der Waals surface area contributed by atoms with E-state index in [-0.39, 0.29) is 24.9 Å². The smallest absolute Gasteiger partial charge is 0.310 e. The van der Waals surface area contributed by atoms with Gasteiger partial charge in [-0.05, 0) is 31.1 Å². The van der Waals surface area contributed by atoms with Crippen LogP contribution in [-0.4, -0.2) is 83.8 Å². The summed E-state index contributed by atoms with van der Waals surface area (Å²) in [5, 5.41) is 36.1. The molecule has 0 saturated carbocycles. The highest BCUT2D eigenvalue weighted by molar-refractivity contribution is 5.90. The Morgan fingerprint density at radius 2 is 1.50 bits per heavy atom. The van der Waals surface area contributed by atoms with Gasteiger partial charge in [-0.1, -0.05) is 97.6 Å².